The summed E-state index contributed by atoms with van der Waals surface area (Å²) in [5, 5.41) is 0. The van der Waals surface area contributed by atoms with Gasteiger partial charge in [0, 0.05) is 18.1 Å². The highest BCUT2D eigenvalue weighted by Gasteiger charge is 2.26. The zero-order valence-corrected chi connectivity index (χ0v) is 14.1. The van der Waals surface area contributed by atoms with Gasteiger partial charge in [-0.15, -0.1) is 0 Å². The number of rotatable bonds is 3. The minimum Gasteiger partial charge on any atom is -0.497 e. The lowest BCUT2D eigenvalue weighted by atomic mass is 10.1. The van der Waals surface area contributed by atoms with Crippen LogP contribution in [0.2, 0.25) is 0 Å². The maximum Gasteiger partial charge on any atom is 0.257 e. The summed E-state index contributed by atoms with van der Waals surface area (Å²) in [6.45, 7) is 1.32. The lowest BCUT2D eigenvalue weighted by Crippen LogP contribution is -2.44. The number of hydrogen-bond donors (Lipinski definition) is 0. The number of amides is 1. The van der Waals surface area contributed by atoms with E-state index >= 15 is 0 Å². The van der Waals surface area contributed by atoms with Crippen molar-refractivity contribution in [2.24, 2.45) is 0 Å². The third-order valence-corrected chi connectivity index (χ3v) is 4.29. The molecule has 0 unspecified atom stereocenters. The van der Waals surface area contributed by atoms with Crippen LogP contribution in [0.25, 0.3) is 0 Å². The van der Waals surface area contributed by atoms with Gasteiger partial charge in [-0.05, 0) is 35.9 Å². The van der Waals surface area contributed by atoms with Gasteiger partial charge in [0.1, 0.15) is 5.75 Å². The normalized spacial score (nSPS) is 14.0. The van der Waals surface area contributed by atoms with Crippen LogP contribution in [0.15, 0.2) is 46.9 Å². The van der Waals surface area contributed by atoms with Crippen molar-refractivity contribution in [3.63, 3.8) is 0 Å². The van der Waals surface area contributed by atoms with E-state index in [1.807, 2.05) is 49.5 Å². The van der Waals surface area contributed by atoms with Crippen molar-refractivity contribution in [3.8, 4) is 5.75 Å². The summed E-state index contributed by atoms with van der Waals surface area (Å²) in [5.74, 6) is 0.909. The first-order chi connectivity index (χ1) is 10.6. The second kappa shape index (κ2) is 6.01. The highest BCUT2D eigenvalue weighted by molar-refractivity contribution is 9.10. The highest BCUT2D eigenvalue weighted by atomic mass is 79.9. The van der Waals surface area contributed by atoms with Crippen LogP contribution in [0.3, 0.4) is 0 Å². The number of nitrogens with zero attached hydrogens (tertiary/aromatic N) is 2. The highest BCUT2D eigenvalue weighted by Crippen LogP contribution is 2.31. The minimum absolute atomic E-state index is 0.0634. The van der Waals surface area contributed by atoms with Crippen molar-refractivity contribution in [3.05, 3.63) is 58.1 Å². The predicted molar refractivity (Wildman–Crippen MR) is 90.3 cm³/mol. The molecule has 4 nitrogen and oxygen atoms in total. The Balaban J connectivity index is 1.91. The van der Waals surface area contributed by atoms with Crippen LogP contribution in [-0.2, 0) is 6.54 Å². The Morgan fingerprint density at radius 1 is 1.18 bits per heavy atom. The lowest BCUT2D eigenvalue weighted by Gasteiger charge is -2.36. The van der Waals surface area contributed by atoms with Crippen LogP contribution < -0.4 is 9.64 Å². The third kappa shape index (κ3) is 2.81. The molecule has 1 amide bonds. The van der Waals surface area contributed by atoms with Crippen molar-refractivity contribution in [1.82, 2.24) is 4.90 Å². The van der Waals surface area contributed by atoms with Crippen LogP contribution >= 0.6 is 15.9 Å². The van der Waals surface area contributed by atoms with E-state index in [0.717, 1.165) is 28.0 Å². The quantitative estimate of drug-likeness (QED) is 0.839. The third-order valence-electron chi connectivity index (χ3n) is 3.79. The number of carbonyl (C=O) groups is 1. The maximum absolute atomic E-state index is 12.3. The number of halogens is 1. The van der Waals surface area contributed by atoms with E-state index in [0.29, 0.717) is 6.67 Å². The molecule has 1 aliphatic heterocycles. The van der Waals surface area contributed by atoms with Gasteiger partial charge in [-0.2, -0.15) is 0 Å². The van der Waals surface area contributed by atoms with E-state index in [1.165, 1.54) is 5.56 Å². The summed E-state index contributed by atoms with van der Waals surface area (Å²) in [5.41, 5.74) is 2.88. The molecule has 0 spiro atoms. The number of ether oxygens (including phenoxy) is 1. The molecule has 2 aromatic rings. The topological polar surface area (TPSA) is 32.8 Å². The van der Waals surface area contributed by atoms with Gasteiger partial charge in [-0.1, -0.05) is 28.1 Å². The maximum atomic E-state index is 12.3. The SMILES string of the molecule is COc1ccc(CN2CN(C)C(=O)c3ccc(Br)cc32)cc1. The van der Waals surface area contributed by atoms with E-state index in [1.54, 1.807) is 12.0 Å². The largest absolute Gasteiger partial charge is 0.497 e. The first kappa shape index (κ1) is 14.9. The lowest BCUT2D eigenvalue weighted by molar-refractivity contribution is 0.0781. The molecule has 0 fully saturated rings. The molecule has 5 heteroatoms. The fraction of sp³-hybridized carbons (Fsp3) is 0.235. The molecule has 0 saturated carbocycles. The van der Waals surface area contributed by atoms with E-state index < -0.39 is 0 Å². The molecule has 0 saturated heterocycles. The predicted octanol–water partition coefficient (Wildman–Crippen LogP) is 3.51. The molecule has 0 atom stereocenters. The smallest absolute Gasteiger partial charge is 0.257 e. The molecule has 1 heterocycles. The number of anilines is 1. The number of carbonyl (C=O) groups excluding carboxylic acids is 1. The molecule has 1 aliphatic rings. The Morgan fingerprint density at radius 3 is 2.59 bits per heavy atom. The summed E-state index contributed by atoms with van der Waals surface area (Å²) in [6, 6.07) is 13.8. The van der Waals surface area contributed by atoms with Gasteiger partial charge in [0.2, 0.25) is 0 Å². The van der Waals surface area contributed by atoms with E-state index in [2.05, 4.69) is 20.8 Å². The van der Waals surface area contributed by atoms with Crippen LogP contribution in [0, 0.1) is 0 Å². The van der Waals surface area contributed by atoms with Crippen LogP contribution in [-0.4, -0.2) is 31.6 Å². The number of fused-ring (bicyclic) bond motifs is 1. The standard InChI is InChI=1S/C17H17BrN2O2/c1-19-11-20(10-12-3-6-14(22-2)7-4-12)16-9-13(18)5-8-15(16)17(19)21/h3-9H,10-11H2,1-2H3. The van der Waals surface area contributed by atoms with E-state index in [9.17, 15) is 4.79 Å². The van der Waals surface area contributed by atoms with Crippen molar-refractivity contribution in [2.45, 2.75) is 6.54 Å². The van der Waals surface area contributed by atoms with Gasteiger partial charge in [-0.3, -0.25) is 4.79 Å². The fourth-order valence-electron chi connectivity index (χ4n) is 2.64. The average Bonchev–Trinajstić information content (AvgIpc) is 2.53. The Kier molecular flexibility index (Phi) is 4.07. The first-order valence-corrected chi connectivity index (χ1v) is 7.80. The monoisotopic (exact) mass is 360 g/mol. The molecular formula is C17H17BrN2O2. The zero-order valence-electron chi connectivity index (χ0n) is 12.5. The van der Waals surface area contributed by atoms with Crippen molar-refractivity contribution in [2.75, 3.05) is 25.7 Å². The Hall–Kier alpha value is -2.01. The molecule has 114 valence electrons. The van der Waals surface area contributed by atoms with Crippen LogP contribution in [0.1, 0.15) is 15.9 Å². The summed E-state index contributed by atoms with van der Waals surface area (Å²) in [6.07, 6.45) is 0. The second-order valence-electron chi connectivity index (χ2n) is 5.35. The number of benzene rings is 2. The molecule has 0 radical (unpaired) electrons. The fourth-order valence-corrected chi connectivity index (χ4v) is 2.98. The van der Waals surface area contributed by atoms with Gasteiger partial charge >= 0.3 is 0 Å². The van der Waals surface area contributed by atoms with Gasteiger partial charge in [0.25, 0.3) is 5.91 Å². The summed E-state index contributed by atoms with van der Waals surface area (Å²) < 4.78 is 6.16. The molecule has 0 N–H and O–H groups in total. The van der Waals surface area contributed by atoms with Crippen molar-refractivity contribution < 1.29 is 9.53 Å². The van der Waals surface area contributed by atoms with Gasteiger partial charge in [-0.25, -0.2) is 0 Å². The summed E-state index contributed by atoms with van der Waals surface area (Å²) in [4.78, 5) is 16.2. The molecule has 22 heavy (non-hydrogen) atoms. The van der Waals surface area contributed by atoms with Crippen molar-refractivity contribution in [1.29, 1.82) is 0 Å². The van der Waals surface area contributed by atoms with Crippen LogP contribution in [0.4, 0.5) is 5.69 Å². The summed E-state index contributed by atoms with van der Waals surface area (Å²) >= 11 is 3.49. The molecule has 0 aliphatic carbocycles. The molecular weight excluding hydrogens is 344 g/mol. The van der Waals surface area contributed by atoms with E-state index in [-0.39, 0.29) is 5.91 Å². The van der Waals surface area contributed by atoms with Crippen LogP contribution in [0.5, 0.6) is 5.75 Å². The molecule has 2 aromatic carbocycles. The number of hydrogen-bond acceptors (Lipinski definition) is 3. The number of methoxy groups -OCH3 is 1. The molecule has 0 aromatic heterocycles. The van der Waals surface area contributed by atoms with E-state index in [4.69, 9.17) is 4.74 Å². The van der Waals surface area contributed by atoms with Gasteiger partial charge in [0.15, 0.2) is 0 Å². The molecule has 3 rings (SSSR count). The second-order valence-corrected chi connectivity index (χ2v) is 6.27. The molecule has 0 bridgehead atoms. The van der Waals surface area contributed by atoms with Crippen molar-refractivity contribution >= 4 is 27.5 Å². The van der Waals surface area contributed by atoms with Gasteiger partial charge in [0.05, 0.1) is 25.0 Å². The average molecular weight is 361 g/mol. The first-order valence-electron chi connectivity index (χ1n) is 7.01. The summed E-state index contributed by atoms with van der Waals surface area (Å²) in [7, 11) is 3.49. The zero-order chi connectivity index (χ0) is 15.7. The van der Waals surface area contributed by atoms with Gasteiger partial charge < -0.3 is 14.5 Å². The Bertz CT molecular complexity index is 700. The minimum atomic E-state index is 0.0634. The Morgan fingerprint density at radius 2 is 1.91 bits per heavy atom. The Labute approximate surface area is 138 Å².